The smallest absolute Gasteiger partial charge is 0.374 e. The lowest BCUT2D eigenvalue weighted by atomic mass is 10.3. The third kappa shape index (κ3) is 5.58. The van der Waals surface area contributed by atoms with E-state index in [-0.39, 0.29) is 18.3 Å². The molecule has 0 unspecified atom stereocenters. The fourth-order valence-corrected chi connectivity index (χ4v) is 2.12. The Kier molecular flexibility index (Phi) is 6.69. The van der Waals surface area contributed by atoms with E-state index in [1.165, 1.54) is 11.0 Å². The zero-order chi connectivity index (χ0) is 17.5. The van der Waals surface area contributed by atoms with Crippen molar-refractivity contribution in [2.75, 3.05) is 26.8 Å². The number of hydrogen-bond acceptors (Lipinski definition) is 5. The molecule has 1 heterocycles. The number of nitrogens with zero attached hydrogens (tertiary/aromatic N) is 1. The highest BCUT2D eigenvalue weighted by molar-refractivity contribution is 9.10. The van der Waals surface area contributed by atoms with Gasteiger partial charge in [0.05, 0.1) is 6.54 Å². The number of halogens is 2. The molecule has 0 spiro atoms. The first-order valence-corrected chi connectivity index (χ1v) is 8.17. The fourth-order valence-electron chi connectivity index (χ4n) is 1.69. The second-order valence-electron chi connectivity index (χ2n) is 4.80. The maximum absolute atomic E-state index is 11.9. The Balaban J connectivity index is 1.70. The van der Waals surface area contributed by atoms with Crippen LogP contribution in [0.1, 0.15) is 10.6 Å². The van der Waals surface area contributed by atoms with Gasteiger partial charge in [0.1, 0.15) is 12.4 Å². The number of carbonyl (C=O) groups excluding carboxylic acids is 2. The van der Waals surface area contributed by atoms with E-state index in [1.807, 2.05) is 0 Å². The molecule has 0 fully saturated rings. The molecule has 0 radical (unpaired) electrons. The number of amides is 1. The van der Waals surface area contributed by atoms with Crippen molar-refractivity contribution in [2.24, 2.45) is 0 Å². The third-order valence-corrected chi connectivity index (χ3v) is 3.71. The summed E-state index contributed by atoms with van der Waals surface area (Å²) in [6.07, 6.45) is 0. The number of benzene rings is 1. The molecule has 1 aromatic heterocycles. The summed E-state index contributed by atoms with van der Waals surface area (Å²) in [6, 6.07) is 9.95. The van der Waals surface area contributed by atoms with E-state index in [1.54, 1.807) is 37.4 Å². The molecule has 0 saturated heterocycles. The van der Waals surface area contributed by atoms with Crippen LogP contribution in [-0.4, -0.2) is 43.6 Å². The predicted octanol–water partition coefficient (Wildman–Crippen LogP) is 3.39. The molecule has 0 aliphatic heterocycles. The predicted molar refractivity (Wildman–Crippen MR) is 91.3 cm³/mol. The lowest BCUT2D eigenvalue weighted by molar-refractivity contribution is -0.133. The second kappa shape index (κ2) is 8.75. The van der Waals surface area contributed by atoms with Gasteiger partial charge in [-0.25, -0.2) is 4.79 Å². The maximum atomic E-state index is 11.9. The lowest BCUT2D eigenvalue weighted by Gasteiger charge is -2.17. The summed E-state index contributed by atoms with van der Waals surface area (Å²) < 4.78 is 15.9. The highest BCUT2D eigenvalue weighted by Gasteiger charge is 2.16. The molecular weight excluding hydrogens is 402 g/mol. The number of rotatable bonds is 7. The summed E-state index contributed by atoms with van der Waals surface area (Å²) in [6.45, 7) is 0.295. The van der Waals surface area contributed by atoms with Crippen molar-refractivity contribution in [3.8, 4) is 5.75 Å². The van der Waals surface area contributed by atoms with Gasteiger partial charge in [-0.3, -0.25) is 4.79 Å². The van der Waals surface area contributed by atoms with Gasteiger partial charge in [-0.2, -0.15) is 0 Å². The zero-order valence-electron chi connectivity index (χ0n) is 12.8. The van der Waals surface area contributed by atoms with Gasteiger partial charge < -0.3 is 18.8 Å². The normalized spacial score (nSPS) is 10.3. The molecule has 24 heavy (non-hydrogen) atoms. The summed E-state index contributed by atoms with van der Waals surface area (Å²) in [5.74, 6) is -0.341. The minimum atomic E-state index is -0.695. The van der Waals surface area contributed by atoms with Crippen LogP contribution >= 0.6 is 27.5 Å². The van der Waals surface area contributed by atoms with Crippen molar-refractivity contribution >= 4 is 39.4 Å². The van der Waals surface area contributed by atoms with Crippen LogP contribution in [0, 0.1) is 0 Å². The molecule has 0 N–H and O–H groups in total. The molecule has 8 heteroatoms. The molecule has 0 saturated carbocycles. The van der Waals surface area contributed by atoms with Crippen molar-refractivity contribution < 1.29 is 23.5 Å². The van der Waals surface area contributed by atoms with Gasteiger partial charge in [-0.1, -0.05) is 11.6 Å². The van der Waals surface area contributed by atoms with Crippen LogP contribution in [0.5, 0.6) is 5.75 Å². The molecule has 0 aliphatic rings. The van der Waals surface area contributed by atoms with E-state index in [0.717, 1.165) is 0 Å². The highest BCUT2D eigenvalue weighted by atomic mass is 79.9. The van der Waals surface area contributed by atoms with Gasteiger partial charge in [0.25, 0.3) is 5.91 Å². The fraction of sp³-hybridized carbons (Fsp3) is 0.250. The average Bonchev–Trinajstić information content (AvgIpc) is 3.00. The van der Waals surface area contributed by atoms with Crippen LogP contribution < -0.4 is 4.74 Å². The van der Waals surface area contributed by atoms with E-state index < -0.39 is 5.97 Å². The lowest BCUT2D eigenvalue weighted by Crippen LogP contribution is -2.34. The Labute approximate surface area is 152 Å². The van der Waals surface area contributed by atoms with Crippen LogP contribution in [-0.2, 0) is 9.53 Å². The van der Waals surface area contributed by atoms with Gasteiger partial charge in [-0.15, -0.1) is 0 Å². The van der Waals surface area contributed by atoms with E-state index in [9.17, 15) is 9.59 Å². The Morgan fingerprint density at radius 3 is 2.54 bits per heavy atom. The zero-order valence-corrected chi connectivity index (χ0v) is 15.2. The van der Waals surface area contributed by atoms with Gasteiger partial charge in [0.15, 0.2) is 11.3 Å². The van der Waals surface area contributed by atoms with E-state index in [2.05, 4.69) is 15.9 Å². The Morgan fingerprint density at radius 2 is 1.92 bits per heavy atom. The number of furan rings is 1. The Bertz CT molecular complexity index is 701. The van der Waals surface area contributed by atoms with Crippen molar-refractivity contribution in [3.63, 3.8) is 0 Å². The summed E-state index contributed by atoms with van der Waals surface area (Å²) in [5.41, 5.74) is 0. The van der Waals surface area contributed by atoms with E-state index >= 15 is 0 Å². The number of carbonyl (C=O) groups is 2. The Hall–Kier alpha value is -1.99. The van der Waals surface area contributed by atoms with Gasteiger partial charge >= 0.3 is 5.97 Å². The monoisotopic (exact) mass is 415 g/mol. The highest BCUT2D eigenvalue weighted by Crippen LogP contribution is 2.16. The molecule has 2 aromatic rings. The first kappa shape index (κ1) is 18.4. The number of esters is 1. The third-order valence-electron chi connectivity index (χ3n) is 3.04. The molecule has 0 aliphatic carbocycles. The molecule has 128 valence electrons. The van der Waals surface area contributed by atoms with E-state index in [0.29, 0.717) is 28.6 Å². The summed E-state index contributed by atoms with van der Waals surface area (Å²) in [4.78, 5) is 25.0. The quantitative estimate of drug-likeness (QED) is 0.647. The largest absolute Gasteiger partial charge is 0.492 e. The van der Waals surface area contributed by atoms with E-state index in [4.69, 9.17) is 25.5 Å². The molecule has 1 amide bonds. The van der Waals surface area contributed by atoms with Crippen LogP contribution in [0.25, 0.3) is 0 Å². The average molecular weight is 417 g/mol. The first-order chi connectivity index (χ1) is 11.5. The van der Waals surface area contributed by atoms with Crippen LogP contribution in [0.4, 0.5) is 0 Å². The summed E-state index contributed by atoms with van der Waals surface area (Å²) >= 11 is 8.87. The standard InChI is InChI=1S/C16H15BrClNO5/c1-19(8-9-22-12-4-2-11(18)3-5-12)15(20)10-23-16(21)13-6-7-14(17)24-13/h2-7H,8-10H2,1H3. The molecule has 0 atom stereocenters. The number of ether oxygens (including phenoxy) is 2. The molecule has 2 rings (SSSR count). The Morgan fingerprint density at radius 1 is 1.21 bits per heavy atom. The molecule has 1 aromatic carbocycles. The minimum Gasteiger partial charge on any atom is -0.492 e. The van der Waals surface area contributed by atoms with Crippen molar-refractivity contribution in [2.45, 2.75) is 0 Å². The van der Waals surface area contributed by atoms with Crippen molar-refractivity contribution in [1.29, 1.82) is 0 Å². The second-order valence-corrected chi connectivity index (χ2v) is 6.02. The van der Waals surface area contributed by atoms with Crippen LogP contribution in [0.15, 0.2) is 45.5 Å². The van der Waals surface area contributed by atoms with Crippen LogP contribution in [0.3, 0.4) is 0 Å². The van der Waals surface area contributed by atoms with Gasteiger partial charge in [0, 0.05) is 12.1 Å². The molecular formula is C16H15BrClNO5. The summed E-state index contributed by atoms with van der Waals surface area (Å²) in [5, 5.41) is 0.625. The van der Waals surface area contributed by atoms with Crippen molar-refractivity contribution in [1.82, 2.24) is 4.90 Å². The van der Waals surface area contributed by atoms with Gasteiger partial charge in [0.2, 0.25) is 5.76 Å². The number of likely N-dealkylation sites (N-methyl/N-ethyl adjacent to an activating group) is 1. The minimum absolute atomic E-state index is 0.0309. The molecule has 6 nitrogen and oxygen atoms in total. The van der Waals surface area contributed by atoms with Crippen molar-refractivity contribution in [3.05, 3.63) is 51.9 Å². The summed E-state index contributed by atoms with van der Waals surface area (Å²) in [7, 11) is 1.60. The van der Waals surface area contributed by atoms with Gasteiger partial charge in [-0.05, 0) is 52.3 Å². The van der Waals surface area contributed by atoms with Crippen LogP contribution in [0.2, 0.25) is 5.02 Å². The number of hydrogen-bond donors (Lipinski definition) is 0. The molecule has 0 bridgehead atoms. The maximum Gasteiger partial charge on any atom is 0.374 e. The topological polar surface area (TPSA) is 69.0 Å². The first-order valence-electron chi connectivity index (χ1n) is 7.00. The SMILES string of the molecule is CN(CCOc1ccc(Cl)cc1)C(=O)COC(=O)c1ccc(Br)o1.